The molecular weight excluding hydrogens is 351 g/mol. The fourth-order valence-electron chi connectivity index (χ4n) is 3.46. The number of nitrogens with one attached hydrogen (secondary N) is 2. The van der Waals surface area contributed by atoms with E-state index in [2.05, 4.69) is 25.7 Å². The smallest absolute Gasteiger partial charge is 0.256 e. The molecule has 1 saturated carbocycles. The monoisotopic (exact) mass is 368 g/mol. The lowest BCUT2D eigenvalue weighted by molar-refractivity contribution is 0.0671. The Balaban J connectivity index is 1.60. The summed E-state index contributed by atoms with van der Waals surface area (Å²) in [4.78, 5) is 21.2. The maximum atomic E-state index is 13.8. The zero-order valence-electron chi connectivity index (χ0n) is 14.5. The first-order chi connectivity index (χ1) is 13.1. The normalized spacial score (nSPS) is 24.2. The lowest BCUT2D eigenvalue weighted by Crippen LogP contribution is -2.49. The molecule has 2 aliphatic heterocycles. The molecule has 0 saturated heterocycles. The van der Waals surface area contributed by atoms with Crippen LogP contribution in [0.2, 0.25) is 0 Å². The molecule has 138 valence electrons. The Bertz CT molecular complexity index is 1050. The van der Waals surface area contributed by atoms with Gasteiger partial charge in [0.2, 0.25) is 5.88 Å². The van der Waals surface area contributed by atoms with Crippen LogP contribution in [0.3, 0.4) is 0 Å². The Morgan fingerprint density at radius 2 is 2.15 bits per heavy atom. The van der Waals surface area contributed by atoms with Crippen LogP contribution in [0.5, 0.6) is 5.88 Å². The molecule has 9 heteroatoms. The lowest BCUT2D eigenvalue weighted by atomic mass is 9.89. The van der Waals surface area contributed by atoms with Gasteiger partial charge in [0.15, 0.2) is 5.65 Å². The molecule has 3 aromatic rings. The molecule has 3 aromatic heterocycles. The number of nitrogens with zero attached hydrogens (tertiary/aromatic N) is 4. The van der Waals surface area contributed by atoms with Gasteiger partial charge in [-0.25, -0.2) is 18.9 Å². The van der Waals surface area contributed by atoms with Crippen LogP contribution in [0, 0.1) is 5.82 Å². The summed E-state index contributed by atoms with van der Waals surface area (Å²) in [6.07, 6.45) is 5.66. The summed E-state index contributed by atoms with van der Waals surface area (Å²) in [6.45, 7) is 1.88. The quantitative estimate of drug-likeness (QED) is 0.631. The SMILES string of the molecule is C[C@H]1Nc2ccn3ncc(c3n2)C(=O)N[C@H]2C[C@H](C2)Oc2ncc(F)cc21. The Morgan fingerprint density at radius 3 is 3.00 bits per heavy atom. The fourth-order valence-corrected chi connectivity index (χ4v) is 3.46. The van der Waals surface area contributed by atoms with Gasteiger partial charge in [0.05, 0.1) is 18.4 Å². The number of hydrogen-bond acceptors (Lipinski definition) is 6. The van der Waals surface area contributed by atoms with E-state index >= 15 is 0 Å². The van der Waals surface area contributed by atoms with Crippen LogP contribution in [0.25, 0.3) is 5.65 Å². The predicted octanol–water partition coefficient (Wildman–Crippen LogP) is 2.09. The van der Waals surface area contributed by atoms with Crippen molar-refractivity contribution in [1.29, 1.82) is 0 Å². The van der Waals surface area contributed by atoms with Crippen LogP contribution in [0.1, 0.15) is 41.7 Å². The van der Waals surface area contributed by atoms with Gasteiger partial charge in [-0.3, -0.25) is 4.79 Å². The summed E-state index contributed by atoms with van der Waals surface area (Å²) in [5.41, 5.74) is 1.50. The number of rotatable bonds is 0. The van der Waals surface area contributed by atoms with Crippen molar-refractivity contribution >= 4 is 17.4 Å². The third-order valence-corrected chi connectivity index (χ3v) is 5.00. The standard InChI is InChI=1S/C18H17FN6O2/c1-9-13-4-10(19)7-20-18(13)27-12-5-11(6-12)23-17(26)14-8-21-25-3-2-15(22-9)24-16(14)25/h2-4,7-9,11-12H,5-6H2,1H3,(H,22,24)(H,23,26)/t9-,11-,12+/m1/s1. The molecule has 3 aliphatic rings. The van der Waals surface area contributed by atoms with E-state index in [4.69, 9.17) is 4.74 Å². The minimum Gasteiger partial charge on any atom is -0.474 e. The van der Waals surface area contributed by atoms with Crippen molar-refractivity contribution in [3.8, 4) is 5.88 Å². The number of hydrogen-bond donors (Lipinski definition) is 2. The van der Waals surface area contributed by atoms with E-state index in [0.717, 1.165) is 6.20 Å². The number of fused-ring (bicyclic) bond motifs is 2. The highest BCUT2D eigenvalue weighted by molar-refractivity contribution is 6.00. The van der Waals surface area contributed by atoms with Crippen molar-refractivity contribution in [3.63, 3.8) is 0 Å². The van der Waals surface area contributed by atoms with Crippen molar-refractivity contribution < 1.29 is 13.9 Å². The molecule has 0 spiro atoms. The molecule has 1 amide bonds. The van der Waals surface area contributed by atoms with Crippen LogP contribution >= 0.6 is 0 Å². The Hall–Kier alpha value is -3.23. The molecule has 0 unspecified atom stereocenters. The molecule has 27 heavy (non-hydrogen) atoms. The number of halogens is 1. The van der Waals surface area contributed by atoms with Crippen LogP contribution in [-0.4, -0.2) is 37.6 Å². The second-order valence-electron chi connectivity index (χ2n) is 6.93. The Labute approximate surface area is 153 Å². The number of aromatic nitrogens is 4. The highest BCUT2D eigenvalue weighted by Crippen LogP contribution is 2.32. The van der Waals surface area contributed by atoms with Crippen molar-refractivity contribution in [1.82, 2.24) is 24.9 Å². The summed E-state index contributed by atoms with van der Waals surface area (Å²) >= 11 is 0. The number of carbonyl (C=O) groups is 1. The topological polar surface area (TPSA) is 93.4 Å². The third-order valence-electron chi connectivity index (χ3n) is 5.00. The van der Waals surface area contributed by atoms with E-state index in [1.807, 2.05) is 6.92 Å². The third kappa shape index (κ3) is 2.75. The van der Waals surface area contributed by atoms with Crippen LogP contribution in [0.4, 0.5) is 10.2 Å². The van der Waals surface area contributed by atoms with E-state index < -0.39 is 5.82 Å². The largest absolute Gasteiger partial charge is 0.474 e. The summed E-state index contributed by atoms with van der Waals surface area (Å²) in [5, 5.41) is 10.4. The number of anilines is 1. The average molecular weight is 368 g/mol. The summed E-state index contributed by atoms with van der Waals surface area (Å²) in [5.74, 6) is 0.312. The minimum absolute atomic E-state index is 0.0167. The Kier molecular flexibility index (Phi) is 3.49. The van der Waals surface area contributed by atoms with Gasteiger partial charge in [0.25, 0.3) is 5.91 Å². The van der Waals surface area contributed by atoms with Gasteiger partial charge in [-0.15, -0.1) is 0 Å². The van der Waals surface area contributed by atoms with Gasteiger partial charge in [0, 0.05) is 30.6 Å². The van der Waals surface area contributed by atoms with Crippen LogP contribution < -0.4 is 15.4 Å². The van der Waals surface area contributed by atoms with Crippen LogP contribution in [0.15, 0.2) is 30.7 Å². The molecule has 6 rings (SSSR count). The number of carbonyl (C=O) groups excluding carboxylic acids is 1. The van der Waals surface area contributed by atoms with Crippen LogP contribution in [-0.2, 0) is 0 Å². The summed E-state index contributed by atoms with van der Waals surface area (Å²) < 4.78 is 21.3. The molecule has 2 N–H and O–H groups in total. The molecule has 1 fully saturated rings. The highest BCUT2D eigenvalue weighted by atomic mass is 19.1. The molecular formula is C18H17FN6O2. The molecule has 8 nitrogen and oxygen atoms in total. The van der Waals surface area contributed by atoms with Gasteiger partial charge in [0.1, 0.15) is 23.3 Å². The van der Waals surface area contributed by atoms with E-state index in [-0.39, 0.29) is 24.1 Å². The first-order valence-electron chi connectivity index (χ1n) is 8.81. The summed E-state index contributed by atoms with van der Waals surface area (Å²) in [6, 6.07) is 2.89. The lowest BCUT2D eigenvalue weighted by Gasteiger charge is -2.36. The summed E-state index contributed by atoms with van der Waals surface area (Å²) in [7, 11) is 0. The molecule has 1 aliphatic carbocycles. The second kappa shape index (κ2) is 5.90. The Morgan fingerprint density at radius 1 is 1.30 bits per heavy atom. The fraction of sp³-hybridized carbons (Fsp3) is 0.333. The molecule has 0 radical (unpaired) electrons. The highest BCUT2D eigenvalue weighted by Gasteiger charge is 2.34. The average Bonchev–Trinajstić information content (AvgIpc) is 3.03. The van der Waals surface area contributed by atoms with Gasteiger partial charge in [-0.05, 0) is 19.1 Å². The number of amides is 1. The maximum Gasteiger partial charge on any atom is 0.256 e. The van der Waals surface area contributed by atoms with Gasteiger partial charge < -0.3 is 15.4 Å². The molecule has 5 heterocycles. The molecule has 4 bridgehead atoms. The molecule has 0 aromatic carbocycles. The minimum atomic E-state index is -0.424. The first kappa shape index (κ1) is 16.0. The second-order valence-corrected chi connectivity index (χ2v) is 6.93. The van der Waals surface area contributed by atoms with Crippen molar-refractivity contribution in [2.75, 3.05) is 5.32 Å². The zero-order valence-corrected chi connectivity index (χ0v) is 14.5. The van der Waals surface area contributed by atoms with Gasteiger partial charge >= 0.3 is 0 Å². The van der Waals surface area contributed by atoms with E-state index in [0.29, 0.717) is 41.3 Å². The number of pyridine rings is 1. The van der Waals surface area contributed by atoms with Crippen molar-refractivity contribution in [2.45, 2.75) is 38.0 Å². The van der Waals surface area contributed by atoms with Crippen molar-refractivity contribution in [2.24, 2.45) is 0 Å². The first-order valence-corrected chi connectivity index (χ1v) is 8.81. The molecule has 1 atom stereocenters. The van der Waals surface area contributed by atoms with Crippen molar-refractivity contribution in [3.05, 3.63) is 47.7 Å². The van der Waals surface area contributed by atoms with E-state index in [1.165, 1.54) is 12.3 Å². The zero-order chi connectivity index (χ0) is 18.5. The van der Waals surface area contributed by atoms with E-state index in [9.17, 15) is 9.18 Å². The maximum absolute atomic E-state index is 13.8. The van der Waals surface area contributed by atoms with Gasteiger partial charge in [-0.2, -0.15) is 5.10 Å². The predicted molar refractivity (Wildman–Crippen MR) is 94.1 cm³/mol. The number of ether oxygens (including phenoxy) is 1. The van der Waals surface area contributed by atoms with Gasteiger partial charge in [-0.1, -0.05) is 0 Å². The van der Waals surface area contributed by atoms with E-state index in [1.54, 1.807) is 16.8 Å².